The molecule has 4 rings (SSSR count). The Bertz CT molecular complexity index is 882. The van der Waals surface area contributed by atoms with E-state index < -0.39 is 0 Å². The molecule has 1 N–H and O–H groups in total. The summed E-state index contributed by atoms with van der Waals surface area (Å²) in [4.78, 5) is 34.7. The molecule has 28 heavy (non-hydrogen) atoms. The van der Waals surface area contributed by atoms with Crippen LogP contribution in [0.4, 0.5) is 0 Å². The van der Waals surface area contributed by atoms with Gasteiger partial charge in [0.25, 0.3) is 5.91 Å². The standard InChI is InChI=1S/C21H25N3O4/c1-13(2)20-22-12-16(23-20)21(26)24-7-5-14(6-8-24)19(25)15-3-4-17-18(11-15)28-10-9-27-17/h3-4,11-14H,5-10H2,1-2H3,(H,22,23). The Morgan fingerprint density at radius 1 is 1.14 bits per heavy atom. The zero-order valence-corrected chi connectivity index (χ0v) is 16.2. The number of hydrogen-bond donors (Lipinski definition) is 1. The molecule has 2 aliphatic heterocycles. The van der Waals surface area contributed by atoms with E-state index in [0.717, 1.165) is 5.82 Å². The minimum Gasteiger partial charge on any atom is -0.486 e. The second kappa shape index (κ2) is 7.66. The van der Waals surface area contributed by atoms with Gasteiger partial charge >= 0.3 is 0 Å². The van der Waals surface area contributed by atoms with Gasteiger partial charge in [-0.1, -0.05) is 13.8 Å². The average molecular weight is 383 g/mol. The fourth-order valence-corrected chi connectivity index (χ4v) is 3.69. The molecule has 0 radical (unpaired) electrons. The number of aromatic nitrogens is 2. The van der Waals surface area contributed by atoms with Gasteiger partial charge in [-0.25, -0.2) is 4.98 Å². The first-order chi connectivity index (χ1) is 13.5. The number of carbonyl (C=O) groups excluding carboxylic acids is 2. The molecule has 0 atom stereocenters. The van der Waals surface area contributed by atoms with Crippen molar-refractivity contribution >= 4 is 11.7 Å². The van der Waals surface area contributed by atoms with Crippen LogP contribution in [0.5, 0.6) is 11.5 Å². The Hall–Kier alpha value is -2.83. The molecular weight excluding hydrogens is 358 g/mol. The number of imidazole rings is 1. The maximum Gasteiger partial charge on any atom is 0.271 e. The molecule has 0 bridgehead atoms. The maximum absolute atomic E-state index is 12.9. The summed E-state index contributed by atoms with van der Waals surface area (Å²) in [5.41, 5.74) is 1.16. The van der Waals surface area contributed by atoms with E-state index in [2.05, 4.69) is 9.97 Å². The number of benzene rings is 1. The monoisotopic (exact) mass is 383 g/mol. The van der Waals surface area contributed by atoms with E-state index in [0.29, 0.717) is 61.9 Å². The molecule has 1 fully saturated rings. The van der Waals surface area contributed by atoms with Gasteiger partial charge in [0.05, 0.1) is 6.20 Å². The third-order valence-corrected chi connectivity index (χ3v) is 5.35. The molecule has 1 amide bonds. The molecule has 0 aliphatic carbocycles. The van der Waals surface area contributed by atoms with Crippen LogP contribution >= 0.6 is 0 Å². The molecule has 148 valence electrons. The van der Waals surface area contributed by atoms with E-state index in [9.17, 15) is 9.59 Å². The lowest BCUT2D eigenvalue weighted by Crippen LogP contribution is -2.40. The molecule has 0 spiro atoms. The van der Waals surface area contributed by atoms with Crippen LogP contribution in [0.1, 0.15) is 59.3 Å². The first-order valence-corrected chi connectivity index (χ1v) is 9.81. The van der Waals surface area contributed by atoms with E-state index in [-0.39, 0.29) is 23.5 Å². The maximum atomic E-state index is 12.9. The summed E-state index contributed by atoms with van der Waals surface area (Å²) in [6, 6.07) is 5.36. The Morgan fingerprint density at radius 3 is 2.54 bits per heavy atom. The predicted molar refractivity (Wildman–Crippen MR) is 103 cm³/mol. The van der Waals surface area contributed by atoms with Crippen LogP contribution in [0, 0.1) is 5.92 Å². The number of nitrogens with one attached hydrogen (secondary N) is 1. The third kappa shape index (κ3) is 3.61. The second-order valence-electron chi connectivity index (χ2n) is 7.63. The molecule has 2 aliphatic rings. The quantitative estimate of drug-likeness (QED) is 0.821. The van der Waals surface area contributed by atoms with Gasteiger partial charge in [-0.3, -0.25) is 9.59 Å². The molecular formula is C21H25N3O4. The highest BCUT2D eigenvalue weighted by atomic mass is 16.6. The van der Waals surface area contributed by atoms with Gasteiger partial charge in [0, 0.05) is 30.5 Å². The number of Topliss-reactive ketones (excluding diaryl/α,β-unsaturated/α-hetero) is 1. The Kier molecular flexibility index (Phi) is 5.07. The SMILES string of the molecule is CC(C)c1ncc(C(=O)N2CCC(C(=O)c3ccc4c(c3)OCCO4)CC2)[nH]1. The topological polar surface area (TPSA) is 84.5 Å². The largest absolute Gasteiger partial charge is 0.486 e. The zero-order valence-electron chi connectivity index (χ0n) is 16.2. The lowest BCUT2D eigenvalue weighted by atomic mass is 9.88. The van der Waals surface area contributed by atoms with Crippen molar-refractivity contribution in [3.63, 3.8) is 0 Å². The van der Waals surface area contributed by atoms with E-state index >= 15 is 0 Å². The number of aromatic amines is 1. The van der Waals surface area contributed by atoms with Crippen LogP contribution in [-0.2, 0) is 0 Å². The molecule has 7 heteroatoms. The molecule has 7 nitrogen and oxygen atoms in total. The van der Waals surface area contributed by atoms with Crippen LogP contribution in [0.2, 0.25) is 0 Å². The smallest absolute Gasteiger partial charge is 0.271 e. The van der Waals surface area contributed by atoms with Crippen LogP contribution in [0.15, 0.2) is 24.4 Å². The summed E-state index contributed by atoms with van der Waals surface area (Å²) in [6.45, 7) is 6.22. The van der Waals surface area contributed by atoms with Crippen molar-refractivity contribution in [3.05, 3.63) is 41.5 Å². The number of H-pyrrole nitrogens is 1. The van der Waals surface area contributed by atoms with Gasteiger partial charge in [0.1, 0.15) is 24.7 Å². The molecule has 1 aromatic heterocycles. The highest BCUT2D eigenvalue weighted by Crippen LogP contribution is 2.32. The van der Waals surface area contributed by atoms with Gasteiger partial charge in [0.15, 0.2) is 17.3 Å². The first kappa shape index (κ1) is 18.5. The van der Waals surface area contributed by atoms with Crippen molar-refractivity contribution in [3.8, 4) is 11.5 Å². The van der Waals surface area contributed by atoms with E-state index in [1.165, 1.54) is 0 Å². The summed E-state index contributed by atoms with van der Waals surface area (Å²) in [6.07, 6.45) is 2.92. The van der Waals surface area contributed by atoms with Crippen molar-refractivity contribution in [1.29, 1.82) is 0 Å². The zero-order chi connectivity index (χ0) is 19.7. The van der Waals surface area contributed by atoms with Crippen LogP contribution in [0.25, 0.3) is 0 Å². The van der Waals surface area contributed by atoms with Crippen molar-refractivity contribution in [1.82, 2.24) is 14.9 Å². The summed E-state index contributed by atoms with van der Waals surface area (Å²) in [5.74, 6) is 2.34. The van der Waals surface area contributed by atoms with Crippen LogP contribution < -0.4 is 9.47 Å². The van der Waals surface area contributed by atoms with Crippen molar-refractivity contribution < 1.29 is 19.1 Å². The summed E-state index contributed by atoms with van der Waals surface area (Å²) in [5, 5.41) is 0. The van der Waals surface area contributed by atoms with Gasteiger partial charge < -0.3 is 19.4 Å². The minimum absolute atomic E-state index is 0.0513. The third-order valence-electron chi connectivity index (χ3n) is 5.35. The summed E-state index contributed by atoms with van der Waals surface area (Å²) >= 11 is 0. The number of likely N-dealkylation sites (tertiary alicyclic amines) is 1. The number of amides is 1. The lowest BCUT2D eigenvalue weighted by molar-refractivity contribution is 0.0645. The number of ether oxygens (including phenoxy) is 2. The molecule has 2 aromatic rings. The fraction of sp³-hybridized carbons (Fsp3) is 0.476. The van der Waals surface area contributed by atoms with Crippen molar-refractivity contribution in [2.24, 2.45) is 5.92 Å². The average Bonchev–Trinajstić information content (AvgIpc) is 3.23. The van der Waals surface area contributed by atoms with Crippen LogP contribution in [-0.4, -0.2) is 52.9 Å². The number of rotatable bonds is 4. The van der Waals surface area contributed by atoms with Gasteiger partial charge in [0.2, 0.25) is 0 Å². The van der Waals surface area contributed by atoms with E-state index in [4.69, 9.17) is 9.47 Å². The van der Waals surface area contributed by atoms with Gasteiger partial charge in [-0.15, -0.1) is 0 Å². The first-order valence-electron chi connectivity index (χ1n) is 9.81. The number of fused-ring (bicyclic) bond motifs is 1. The van der Waals surface area contributed by atoms with E-state index in [1.54, 1.807) is 29.3 Å². The highest BCUT2D eigenvalue weighted by Gasteiger charge is 2.29. The predicted octanol–water partition coefficient (Wildman–Crippen LogP) is 3.04. The summed E-state index contributed by atoms with van der Waals surface area (Å²) in [7, 11) is 0. The number of ketones is 1. The summed E-state index contributed by atoms with van der Waals surface area (Å²) < 4.78 is 11.1. The Labute approximate surface area is 164 Å². The van der Waals surface area contributed by atoms with Crippen molar-refractivity contribution in [2.45, 2.75) is 32.6 Å². The normalized spacial score (nSPS) is 17.0. The Morgan fingerprint density at radius 2 is 1.86 bits per heavy atom. The lowest BCUT2D eigenvalue weighted by Gasteiger charge is -2.31. The van der Waals surface area contributed by atoms with Crippen molar-refractivity contribution in [2.75, 3.05) is 26.3 Å². The minimum atomic E-state index is -0.0837. The van der Waals surface area contributed by atoms with E-state index in [1.807, 2.05) is 13.8 Å². The molecule has 1 aromatic carbocycles. The molecule has 1 saturated heterocycles. The number of piperidine rings is 1. The highest BCUT2D eigenvalue weighted by molar-refractivity contribution is 5.99. The number of nitrogens with zero attached hydrogens (tertiary/aromatic N) is 2. The Balaban J connectivity index is 1.38. The fourth-order valence-electron chi connectivity index (χ4n) is 3.69. The van der Waals surface area contributed by atoms with Gasteiger partial charge in [-0.2, -0.15) is 0 Å². The van der Waals surface area contributed by atoms with Gasteiger partial charge in [-0.05, 0) is 31.0 Å². The molecule has 0 saturated carbocycles. The number of hydrogen-bond acceptors (Lipinski definition) is 5. The number of carbonyl (C=O) groups is 2. The molecule has 0 unspecified atom stereocenters. The van der Waals surface area contributed by atoms with Crippen LogP contribution in [0.3, 0.4) is 0 Å². The molecule has 3 heterocycles. The second-order valence-corrected chi connectivity index (χ2v) is 7.63.